The molecule has 1 amide bonds. The van der Waals surface area contributed by atoms with Crippen molar-refractivity contribution in [1.82, 2.24) is 0 Å². The number of hydrogen-bond acceptors (Lipinski definition) is 6. The average molecular weight is 481 g/mol. The molecule has 0 unspecified atom stereocenters. The summed E-state index contributed by atoms with van der Waals surface area (Å²) in [5, 5.41) is 0.684. The van der Waals surface area contributed by atoms with E-state index in [1.807, 2.05) is 23.1 Å². The van der Waals surface area contributed by atoms with Gasteiger partial charge in [0.15, 0.2) is 15.0 Å². The lowest BCUT2D eigenvalue weighted by Crippen LogP contribution is -2.37. The highest BCUT2D eigenvalue weighted by Crippen LogP contribution is 2.42. The van der Waals surface area contributed by atoms with E-state index in [-0.39, 0.29) is 35.1 Å². The maximum atomic E-state index is 12.8. The predicted octanol–water partition coefficient (Wildman–Crippen LogP) is 3.20. The largest absolute Gasteiger partial charge is 0.496 e. The molecular weight excluding hydrogens is 460 g/mol. The Morgan fingerprint density at radius 3 is 2.61 bits per heavy atom. The zero-order chi connectivity index (χ0) is 22.2. The van der Waals surface area contributed by atoms with Crippen LogP contribution < -0.4 is 14.4 Å². The summed E-state index contributed by atoms with van der Waals surface area (Å²) < 4.78 is 35.0. The lowest BCUT2D eigenvalue weighted by molar-refractivity contribution is -0.117. The fraction of sp³-hybridized carbons (Fsp3) is 0.333. The number of nitrogens with zero attached hydrogens (tertiary/aromatic N) is 2. The van der Waals surface area contributed by atoms with Gasteiger partial charge in [0.2, 0.25) is 0 Å². The second kappa shape index (κ2) is 8.72. The minimum atomic E-state index is -3.16. The second-order valence-corrected chi connectivity index (χ2v) is 11.0. The van der Waals surface area contributed by atoms with Crippen LogP contribution in [0.15, 0.2) is 47.5 Å². The number of thioether (sulfide) groups is 1. The Hall–Kier alpha value is -2.23. The van der Waals surface area contributed by atoms with Crippen molar-refractivity contribution in [3.05, 3.63) is 53.1 Å². The molecule has 2 aliphatic rings. The normalized spacial score (nSPS) is 23.1. The fourth-order valence-corrected chi connectivity index (χ4v) is 8.01. The maximum Gasteiger partial charge on any atom is 0.252 e. The van der Waals surface area contributed by atoms with Crippen molar-refractivity contribution < 1.29 is 22.7 Å². The first-order valence-corrected chi connectivity index (χ1v) is 12.6. The van der Waals surface area contributed by atoms with Crippen molar-refractivity contribution in [2.45, 2.75) is 17.7 Å². The molecule has 4 rings (SSSR count). The number of sulfone groups is 1. The second-order valence-electron chi connectivity index (χ2n) is 7.27. The monoisotopic (exact) mass is 480 g/mol. The zero-order valence-electron chi connectivity index (χ0n) is 16.9. The summed E-state index contributed by atoms with van der Waals surface area (Å²) in [5.74, 6) is 0.867. The first-order chi connectivity index (χ1) is 14.8. The average Bonchev–Trinajstić information content (AvgIpc) is 3.18. The number of anilines is 1. The number of halogens is 1. The van der Waals surface area contributed by atoms with Crippen LogP contribution >= 0.6 is 23.4 Å². The van der Waals surface area contributed by atoms with Crippen molar-refractivity contribution in [2.75, 3.05) is 30.6 Å². The highest BCUT2D eigenvalue weighted by molar-refractivity contribution is 8.16. The van der Waals surface area contributed by atoms with Gasteiger partial charge in [-0.05, 0) is 24.3 Å². The van der Waals surface area contributed by atoms with Gasteiger partial charge in [0.05, 0.1) is 43.2 Å². The Bertz CT molecular complexity index is 1150. The lowest BCUT2D eigenvalue weighted by Gasteiger charge is -2.25. The third-order valence-electron chi connectivity index (χ3n) is 5.23. The molecule has 0 saturated carbocycles. The third kappa shape index (κ3) is 4.53. The maximum absolute atomic E-state index is 12.8. The van der Waals surface area contributed by atoms with Gasteiger partial charge in [0.25, 0.3) is 5.91 Å². The Morgan fingerprint density at radius 2 is 1.90 bits per heavy atom. The van der Waals surface area contributed by atoms with Gasteiger partial charge < -0.3 is 14.4 Å². The number of ether oxygens (including phenoxy) is 2. The smallest absolute Gasteiger partial charge is 0.252 e. The van der Waals surface area contributed by atoms with Gasteiger partial charge in [-0.15, -0.1) is 0 Å². The van der Waals surface area contributed by atoms with Gasteiger partial charge in [-0.25, -0.2) is 8.42 Å². The van der Waals surface area contributed by atoms with Crippen molar-refractivity contribution >= 4 is 50.0 Å². The predicted molar refractivity (Wildman–Crippen MR) is 123 cm³/mol. The summed E-state index contributed by atoms with van der Waals surface area (Å²) >= 11 is 7.63. The number of carbonyl (C=O) groups is 1. The van der Waals surface area contributed by atoms with Crippen LogP contribution in [0.3, 0.4) is 0 Å². The molecule has 0 N–H and O–H groups in total. The first-order valence-electron chi connectivity index (χ1n) is 9.54. The molecule has 164 valence electrons. The molecule has 31 heavy (non-hydrogen) atoms. The van der Waals surface area contributed by atoms with Gasteiger partial charge in [0, 0.05) is 16.5 Å². The molecule has 0 aromatic heterocycles. The summed E-state index contributed by atoms with van der Waals surface area (Å²) in [5.41, 5.74) is 1.41. The van der Waals surface area contributed by atoms with Crippen LogP contribution in [0.4, 0.5) is 5.69 Å². The van der Waals surface area contributed by atoms with E-state index in [0.29, 0.717) is 27.4 Å². The van der Waals surface area contributed by atoms with Crippen LogP contribution in [0.1, 0.15) is 5.56 Å². The lowest BCUT2D eigenvalue weighted by atomic mass is 10.1. The molecule has 2 heterocycles. The number of hydrogen-bond donors (Lipinski definition) is 0. The van der Waals surface area contributed by atoms with Crippen LogP contribution in [0, 0.1) is 0 Å². The van der Waals surface area contributed by atoms with Crippen LogP contribution in [-0.2, 0) is 21.1 Å². The molecule has 0 aliphatic carbocycles. The summed E-state index contributed by atoms with van der Waals surface area (Å²) in [6, 6.07) is 12.2. The minimum Gasteiger partial charge on any atom is -0.496 e. The summed E-state index contributed by atoms with van der Waals surface area (Å²) in [4.78, 5) is 18.9. The Balaban J connectivity index is 1.67. The summed E-state index contributed by atoms with van der Waals surface area (Å²) in [6.45, 7) is 0. The molecule has 0 radical (unpaired) electrons. The quantitative estimate of drug-likeness (QED) is 0.649. The number of methoxy groups -OCH3 is 2. The standard InChI is InChI=1S/C21H21ClN2O5S2/c1-28-17-6-4-3-5-13(17)9-20(25)23-21-24(14-7-8-18(29-2)15(22)10-14)16-11-31(26,27)12-19(16)30-21/h3-8,10,16,19H,9,11-12H2,1-2H3/t16-,19+/m1/s1. The number of fused-ring (bicyclic) bond motifs is 1. The Kier molecular flexibility index (Phi) is 6.18. The van der Waals surface area contributed by atoms with E-state index < -0.39 is 9.84 Å². The van der Waals surface area contributed by atoms with Gasteiger partial charge in [-0.1, -0.05) is 41.6 Å². The Morgan fingerprint density at radius 1 is 1.16 bits per heavy atom. The SMILES string of the molecule is COc1ccc(N2C(=NC(=O)Cc3ccccc3OC)S[C@H]3CS(=O)(=O)C[C@H]32)cc1Cl. The molecule has 2 aliphatic heterocycles. The van der Waals surface area contributed by atoms with E-state index in [4.69, 9.17) is 21.1 Å². The van der Waals surface area contributed by atoms with E-state index in [2.05, 4.69) is 4.99 Å². The van der Waals surface area contributed by atoms with E-state index in [1.165, 1.54) is 18.9 Å². The van der Waals surface area contributed by atoms with E-state index >= 15 is 0 Å². The third-order valence-corrected chi connectivity index (χ3v) is 8.74. The number of benzene rings is 2. The highest BCUT2D eigenvalue weighted by Gasteiger charge is 2.49. The number of rotatable bonds is 5. The topological polar surface area (TPSA) is 85.3 Å². The van der Waals surface area contributed by atoms with Crippen LogP contribution in [0.2, 0.25) is 5.02 Å². The molecular formula is C21H21ClN2O5S2. The number of para-hydroxylation sites is 1. The van der Waals surface area contributed by atoms with E-state index in [9.17, 15) is 13.2 Å². The number of carbonyl (C=O) groups excluding carboxylic acids is 1. The zero-order valence-corrected chi connectivity index (χ0v) is 19.3. The van der Waals surface area contributed by atoms with Crippen molar-refractivity contribution in [2.24, 2.45) is 4.99 Å². The van der Waals surface area contributed by atoms with E-state index in [0.717, 1.165) is 5.56 Å². The molecule has 2 atom stereocenters. The van der Waals surface area contributed by atoms with Crippen LogP contribution in [0.25, 0.3) is 0 Å². The van der Waals surface area contributed by atoms with Crippen molar-refractivity contribution in [3.63, 3.8) is 0 Å². The van der Waals surface area contributed by atoms with Gasteiger partial charge >= 0.3 is 0 Å². The molecule has 2 saturated heterocycles. The molecule has 10 heteroatoms. The van der Waals surface area contributed by atoms with Crippen LogP contribution in [0.5, 0.6) is 11.5 Å². The van der Waals surface area contributed by atoms with Crippen molar-refractivity contribution in [1.29, 1.82) is 0 Å². The van der Waals surface area contributed by atoms with E-state index in [1.54, 1.807) is 31.4 Å². The van der Waals surface area contributed by atoms with Gasteiger partial charge in [-0.2, -0.15) is 4.99 Å². The number of amidine groups is 1. The summed E-state index contributed by atoms with van der Waals surface area (Å²) in [7, 11) is -0.0777. The molecule has 7 nitrogen and oxygen atoms in total. The number of amides is 1. The summed E-state index contributed by atoms with van der Waals surface area (Å²) in [6.07, 6.45) is 0.0823. The molecule has 0 spiro atoms. The van der Waals surface area contributed by atoms with Crippen molar-refractivity contribution in [3.8, 4) is 11.5 Å². The van der Waals surface area contributed by atoms with Gasteiger partial charge in [0.1, 0.15) is 11.5 Å². The van der Waals surface area contributed by atoms with Crippen LogP contribution in [-0.4, -0.2) is 56.5 Å². The molecule has 2 fully saturated rings. The molecule has 2 aromatic rings. The first kappa shape index (κ1) is 22.0. The van der Waals surface area contributed by atoms with Gasteiger partial charge in [-0.3, -0.25) is 4.79 Å². The highest BCUT2D eigenvalue weighted by atomic mass is 35.5. The minimum absolute atomic E-state index is 0.00797. The molecule has 2 aromatic carbocycles. The molecule has 0 bridgehead atoms. The number of aliphatic imine (C=N–C) groups is 1. The fourth-order valence-electron chi connectivity index (χ4n) is 3.83. The Labute approximate surface area is 190 Å².